The van der Waals surface area contributed by atoms with E-state index in [1.807, 2.05) is 37.2 Å². The predicted molar refractivity (Wildman–Crippen MR) is 152 cm³/mol. The van der Waals surface area contributed by atoms with Crippen molar-refractivity contribution in [2.45, 2.75) is 26.8 Å². The molecule has 0 amide bonds. The number of carbonyl (C=O) groups excluding carboxylic acids is 1. The minimum Gasteiger partial charge on any atom is -0.480 e. The van der Waals surface area contributed by atoms with Crippen LogP contribution >= 0.6 is 11.6 Å². The van der Waals surface area contributed by atoms with Crippen LogP contribution in [-0.2, 0) is 11.3 Å². The number of ketones is 1. The largest absolute Gasteiger partial charge is 0.480 e. The molecule has 0 bridgehead atoms. The molecule has 2 aromatic heterocycles. The van der Waals surface area contributed by atoms with Crippen molar-refractivity contribution in [3.63, 3.8) is 0 Å². The minimum atomic E-state index is -0.254. The van der Waals surface area contributed by atoms with Gasteiger partial charge < -0.3 is 29.3 Å². The van der Waals surface area contributed by atoms with E-state index >= 15 is 0 Å². The van der Waals surface area contributed by atoms with Gasteiger partial charge in [-0.15, -0.1) is 0 Å². The molecule has 1 N–H and O–H groups in total. The molecule has 1 fully saturated rings. The number of aromatic nitrogens is 3. The topological polar surface area (TPSA) is 95.8 Å². The van der Waals surface area contributed by atoms with Crippen LogP contribution < -0.4 is 20.5 Å². The highest BCUT2D eigenvalue weighted by Gasteiger charge is 2.19. The van der Waals surface area contributed by atoms with Gasteiger partial charge in [0.05, 0.1) is 11.7 Å². The van der Waals surface area contributed by atoms with Crippen LogP contribution in [0.2, 0.25) is 5.02 Å². The van der Waals surface area contributed by atoms with Gasteiger partial charge in [0, 0.05) is 56.8 Å². The lowest BCUT2D eigenvalue weighted by Crippen LogP contribution is -2.46. The molecule has 0 spiro atoms. The van der Waals surface area contributed by atoms with E-state index in [2.05, 4.69) is 27.0 Å². The highest BCUT2D eigenvalue weighted by Crippen LogP contribution is 2.28. The first-order chi connectivity index (χ1) is 18.3. The number of carbonyl (C=O) groups is 1. The normalized spacial score (nSPS) is 14.3. The molecule has 1 aliphatic rings. The number of piperazine rings is 1. The van der Waals surface area contributed by atoms with Crippen LogP contribution in [0.3, 0.4) is 0 Å². The Kier molecular flexibility index (Phi) is 9.19. The fourth-order valence-electron chi connectivity index (χ4n) is 4.32. The van der Waals surface area contributed by atoms with Gasteiger partial charge in [0.15, 0.2) is 17.4 Å². The molecule has 1 saturated heterocycles. The number of fused-ring (bicyclic) bond motifs is 1. The van der Waals surface area contributed by atoms with E-state index in [4.69, 9.17) is 21.3 Å². The van der Waals surface area contributed by atoms with Crippen LogP contribution in [0.25, 0.3) is 10.9 Å². The van der Waals surface area contributed by atoms with E-state index in [9.17, 15) is 9.59 Å². The first-order valence-corrected chi connectivity index (χ1v) is 13.4. The van der Waals surface area contributed by atoms with Gasteiger partial charge in [-0.2, -0.15) is 4.98 Å². The first kappa shape index (κ1) is 27.8. The zero-order valence-corrected chi connectivity index (χ0v) is 23.3. The van der Waals surface area contributed by atoms with Gasteiger partial charge in [-0.05, 0) is 44.9 Å². The maximum atomic E-state index is 13.2. The van der Waals surface area contributed by atoms with Gasteiger partial charge >= 0.3 is 0 Å². The summed E-state index contributed by atoms with van der Waals surface area (Å²) in [4.78, 5) is 40.8. The van der Waals surface area contributed by atoms with E-state index in [1.54, 1.807) is 23.8 Å². The molecule has 0 radical (unpaired) electrons. The molecule has 10 nitrogen and oxygen atoms in total. The number of likely N-dealkylation sites (N-methyl/N-ethyl adjacent to an activating group) is 2. The fraction of sp³-hybridized carbons (Fsp3) is 0.481. The predicted octanol–water partition coefficient (Wildman–Crippen LogP) is 3.25. The Hall–Kier alpha value is -3.21. The van der Waals surface area contributed by atoms with Crippen LogP contribution in [-0.4, -0.2) is 90.1 Å². The number of benzene rings is 1. The smallest absolute Gasteiger partial charge is 0.293 e. The number of hydrogen-bond acceptors (Lipinski definition) is 9. The molecule has 204 valence electrons. The average Bonchev–Trinajstić information content (AvgIpc) is 2.92. The van der Waals surface area contributed by atoms with Crippen molar-refractivity contribution in [2.75, 3.05) is 70.2 Å². The summed E-state index contributed by atoms with van der Waals surface area (Å²) in [5, 5.41) is 4.53. The monoisotopic (exact) mass is 541 g/mol. The molecule has 0 atom stereocenters. The van der Waals surface area contributed by atoms with Crippen molar-refractivity contribution >= 4 is 45.7 Å². The Labute approximate surface area is 228 Å². The Bertz CT molecular complexity index is 1340. The summed E-state index contributed by atoms with van der Waals surface area (Å²) in [5.41, 5.74) is 1.28. The maximum Gasteiger partial charge on any atom is 0.293 e. The van der Waals surface area contributed by atoms with Gasteiger partial charge in [0.2, 0.25) is 5.95 Å². The van der Waals surface area contributed by atoms with E-state index < -0.39 is 0 Å². The summed E-state index contributed by atoms with van der Waals surface area (Å²) < 4.78 is 7.34. The van der Waals surface area contributed by atoms with Gasteiger partial charge in [-0.1, -0.05) is 25.4 Å². The lowest BCUT2D eigenvalue weighted by atomic mass is 10.1. The molecular weight excluding hydrogens is 506 g/mol. The van der Waals surface area contributed by atoms with Crippen molar-refractivity contribution < 1.29 is 9.53 Å². The van der Waals surface area contributed by atoms with E-state index in [0.717, 1.165) is 49.3 Å². The number of ether oxygens (including phenoxy) is 1. The molecule has 38 heavy (non-hydrogen) atoms. The first-order valence-electron chi connectivity index (χ1n) is 13.0. The number of anilines is 3. The Morgan fingerprint density at radius 1 is 1.16 bits per heavy atom. The average molecular weight is 542 g/mol. The number of nitrogens with one attached hydrogen (secondary N) is 1. The Morgan fingerprint density at radius 3 is 2.61 bits per heavy atom. The Balaban J connectivity index is 1.64. The standard InChI is InChI=1S/C27H36ClN7O3/c1-5-21(36)18-38-24-16-19-15-20(7-8-23(19)35(26(24)37)14-9-32(3)4)30-25-22(28)17-29-27(31-25)34-12-10-33(6-2)11-13-34/h7-8,15-17H,5-6,9-14,18H2,1-4H3,(H,29,30,31). The maximum absolute atomic E-state index is 13.2. The number of halogens is 1. The SMILES string of the molecule is CCC(=O)COc1cc2cc(Nc3nc(N4CCN(CC)CC4)ncc3Cl)ccc2n(CCN(C)C)c1=O. The molecule has 11 heteroatoms. The molecule has 3 heterocycles. The zero-order chi connectivity index (χ0) is 27.2. The van der Waals surface area contributed by atoms with Gasteiger partial charge in [-0.25, -0.2) is 4.98 Å². The second-order valence-electron chi connectivity index (χ2n) is 9.64. The van der Waals surface area contributed by atoms with Crippen molar-refractivity contribution in [2.24, 2.45) is 0 Å². The molecule has 4 rings (SSSR count). The summed E-state index contributed by atoms with van der Waals surface area (Å²) in [6.07, 6.45) is 1.97. The van der Waals surface area contributed by atoms with E-state index in [1.165, 1.54) is 0 Å². The highest BCUT2D eigenvalue weighted by atomic mass is 35.5. The summed E-state index contributed by atoms with van der Waals surface area (Å²) >= 11 is 6.46. The van der Waals surface area contributed by atoms with Crippen LogP contribution in [0.4, 0.5) is 17.5 Å². The van der Waals surface area contributed by atoms with Gasteiger partial charge in [0.25, 0.3) is 5.56 Å². The molecule has 1 aromatic carbocycles. The number of pyridine rings is 1. The lowest BCUT2D eigenvalue weighted by Gasteiger charge is -2.34. The third-order valence-corrected chi connectivity index (χ3v) is 6.99. The Morgan fingerprint density at radius 2 is 1.92 bits per heavy atom. The summed E-state index contributed by atoms with van der Waals surface area (Å²) in [7, 11) is 3.91. The minimum absolute atomic E-state index is 0.0647. The quantitative estimate of drug-likeness (QED) is 0.392. The number of hydrogen-bond donors (Lipinski definition) is 1. The summed E-state index contributed by atoms with van der Waals surface area (Å²) in [5.74, 6) is 1.25. The van der Waals surface area contributed by atoms with Crippen LogP contribution in [0.15, 0.2) is 35.3 Å². The van der Waals surface area contributed by atoms with Crippen LogP contribution in [0.1, 0.15) is 20.3 Å². The van der Waals surface area contributed by atoms with Crippen molar-refractivity contribution in [3.05, 3.63) is 45.8 Å². The molecule has 0 unspecified atom stereocenters. The molecule has 3 aromatic rings. The van der Waals surface area contributed by atoms with E-state index in [-0.39, 0.29) is 23.7 Å². The summed E-state index contributed by atoms with van der Waals surface area (Å²) in [6, 6.07) is 7.41. The third-order valence-electron chi connectivity index (χ3n) is 6.71. The van der Waals surface area contributed by atoms with Crippen molar-refractivity contribution in [1.29, 1.82) is 0 Å². The molecular formula is C27H36ClN7O3. The van der Waals surface area contributed by atoms with Crippen LogP contribution in [0, 0.1) is 0 Å². The second kappa shape index (κ2) is 12.6. The molecule has 0 aliphatic carbocycles. The van der Waals surface area contributed by atoms with E-state index in [0.29, 0.717) is 36.3 Å². The van der Waals surface area contributed by atoms with Crippen LogP contribution in [0.5, 0.6) is 5.75 Å². The molecule has 1 aliphatic heterocycles. The van der Waals surface area contributed by atoms with Gasteiger partial charge in [0.1, 0.15) is 11.6 Å². The zero-order valence-electron chi connectivity index (χ0n) is 22.5. The van der Waals surface area contributed by atoms with Crippen molar-refractivity contribution in [1.82, 2.24) is 24.3 Å². The lowest BCUT2D eigenvalue weighted by molar-refractivity contribution is -0.120. The third kappa shape index (κ3) is 6.61. The van der Waals surface area contributed by atoms with Crippen molar-refractivity contribution in [3.8, 4) is 5.75 Å². The van der Waals surface area contributed by atoms with Gasteiger partial charge in [-0.3, -0.25) is 9.59 Å². The fourth-order valence-corrected chi connectivity index (χ4v) is 4.46. The highest BCUT2D eigenvalue weighted by molar-refractivity contribution is 6.32. The summed E-state index contributed by atoms with van der Waals surface area (Å²) in [6.45, 7) is 9.68. The number of nitrogens with zero attached hydrogens (tertiary/aromatic N) is 6. The number of Topliss-reactive ketones (excluding diaryl/α,β-unsaturated/α-hetero) is 1. The second-order valence-corrected chi connectivity index (χ2v) is 10.0. The molecule has 0 saturated carbocycles. The number of rotatable bonds is 11.